The van der Waals surface area contributed by atoms with Gasteiger partial charge in [0.2, 0.25) is 0 Å². The zero-order chi connectivity index (χ0) is 14.1. The lowest BCUT2D eigenvalue weighted by Gasteiger charge is -2.23. The third-order valence-electron chi connectivity index (χ3n) is 3.76. The van der Waals surface area contributed by atoms with Crippen LogP contribution in [0.2, 0.25) is 0 Å². The Kier molecular flexibility index (Phi) is 3.18. The Hall–Kier alpha value is -2.29. The minimum Gasteiger partial charge on any atom is -0.496 e. The van der Waals surface area contributed by atoms with Crippen LogP contribution >= 0.6 is 0 Å². The van der Waals surface area contributed by atoms with Crippen LogP contribution in [0.4, 0.5) is 5.69 Å². The van der Waals surface area contributed by atoms with Crippen LogP contribution in [-0.4, -0.2) is 19.1 Å². The first-order chi connectivity index (χ1) is 9.72. The van der Waals surface area contributed by atoms with E-state index in [9.17, 15) is 4.79 Å². The Morgan fingerprint density at radius 1 is 1.15 bits per heavy atom. The van der Waals surface area contributed by atoms with Crippen molar-refractivity contribution in [2.75, 3.05) is 12.0 Å². The van der Waals surface area contributed by atoms with Gasteiger partial charge < -0.3 is 9.64 Å². The number of methoxy groups -OCH3 is 1. The summed E-state index contributed by atoms with van der Waals surface area (Å²) in [5, 5.41) is 0. The van der Waals surface area contributed by atoms with Crippen molar-refractivity contribution in [1.82, 2.24) is 0 Å². The fourth-order valence-corrected chi connectivity index (χ4v) is 2.83. The average molecular weight is 267 g/mol. The monoisotopic (exact) mass is 267 g/mol. The van der Waals surface area contributed by atoms with Crippen LogP contribution in [0.25, 0.3) is 0 Å². The molecule has 0 spiro atoms. The standard InChI is InChI=1S/C17H17NO2/c1-12-11-13-7-3-5-9-15(13)18(12)17(19)14-8-4-6-10-16(14)20-2/h3-10,12H,11H2,1-2H3/t12-/m0/s1. The number of carbonyl (C=O) groups is 1. The first-order valence-electron chi connectivity index (χ1n) is 6.77. The molecule has 2 aromatic carbocycles. The second kappa shape index (κ2) is 5.00. The van der Waals surface area contributed by atoms with E-state index < -0.39 is 0 Å². The van der Waals surface area contributed by atoms with Gasteiger partial charge in [-0.2, -0.15) is 0 Å². The predicted molar refractivity (Wildman–Crippen MR) is 79.4 cm³/mol. The second-order valence-corrected chi connectivity index (χ2v) is 5.06. The van der Waals surface area contributed by atoms with Gasteiger partial charge in [-0.15, -0.1) is 0 Å². The molecule has 1 amide bonds. The van der Waals surface area contributed by atoms with Gasteiger partial charge in [0.1, 0.15) is 5.75 Å². The third kappa shape index (κ3) is 1.95. The van der Waals surface area contributed by atoms with E-state index in [1.54, 1.807) is 7.11 Å². The minimum absolute atomic E-state index is 0.0000926. The number of hydrogen-bond acceptors (Lipinski definition) is 2. The van der Waals surface area contributed by atoms with E-state index in [-0.39, 0.29) is 11.9 Å². The first kappa shape index (κ1) is 12.7. The largest absolute Gasteiger partial charge is 0.496 e. The Labute approximate surface area is 118 Å². The molecule has 1 atom stereocenters. The van der Waals surface area contributed by atoms with Gasteiger partial charge >= 0.3 is 0 Å². The van der Waals surface area contributed by atoms with Crippen LogP contribution in [0.1, 0.15) is 22.8 Å². The van der Waals surface area contributed by atoms with Crippen molar-refractivity contribution in [2.45, 2.75) is 19.4 Å². The summed E-state index contributed by atoms with van der Waals surface area (Å²) in [5.74, 6) is 0.619. The summed E-state index contributed by atoms with van der Waals surface area (Å²) in [6, 6.07) is 15.6. The Balaban J connectivity index is 2.03. The molecule has 0 fully saturated rings. The SMILES string of the molecule is COc1ccccc1C(=O)N1c2ccccc2C[C@@H]1C. The van der Waals surface area contributed by atoms with Gasteiger partial charge in [-0.3, -0.25) is 4.79 Å². The predicted octanol–water partition coefficient (Wildman–Crippen LogP) is 3.29. The molecule has 102 valence electrons. The molecule has 2 aromatic rings. The summed E-state index contributed by atoms with van der Waals surface area (Å²) >= 11 is 0. The molecule has 3 rings (SSSR count). The number of ether oxygens (including phenoxy) is 1. The molecule has 0 N–H and O–H groups in total. The van der Waals surface area contributed by atoms with E-state index in [0.29, 0.717) is 11.3 Å². The topological polar surface area (TPSA) is 29.5 Å². The molecule has 20 heavy (non-hydrogen) atoms. The highest BCUT2D eigenvalue weighted by Crippen LogP contribution is 2.34. The molecule has 0 aliphatic carbocycles. The molecular weight excluding hydrogens is 250 g/mol. The van der Waals surface area contributed by atoms with Gasteiger partial charge in [0.25, 0.3) is 5.91 Å². The minimum atomic E-state index is -0.0000926. The zero-order valence-corrected chi connectivity index (χ0v) is 11.7. The van der Waals surface area contributed by atoms with E-state index in [2.05, 4.69) is 13.0 Å². The fourth-order valence-electron chi connectivity index (χ4n) is 2.83. The van der Waals surface area contributed by atoms with Crippen molar-refractivity contribution in [3.63, 3.8) is 0 Å². The molecule has 0 unspecified atom stereocenters. The number of nitrogens with zero attached hydrogens (tertiary/aromatic N) is 1. The normalized spacial score (nSPS) is 16.9. The highest BCUT2D eigenvalue weighted by molar-refractivity contribution is 6.09. The lowest BCUT2D eigenvalue weighted by molar-refractivity contribution is 0.0978. The van der Waals surface area contributed by atoms with Gasteiger partial charge in [-0.05, 0) is 37.1 Å². The number of amides is 1. The van der Waals surface area contributed by atoms with E-state index in [1.807, 2.05) is 47.4 Å². The summed E-state index contributed by atoms with van der Waals surface area (Å²) in [4.78, 5) is 14.7. The number of benzene rings is 2. The highest BCUT2D eigenvalue weighted by atomic mass is 16.5. The van der Waals surface area contributed by atoms with Crippen molar-refractivity contribution >= 4 is 11.6 Å². The van der Waals surface area contributed by atoms with Crippen LogP contribution in [-0.2, 0) is 6.42 Å². The summed E-state index contributed by atoms with van der Waals surface area (Å²) in [5.41, 5.74) is 2.85. The van der Waals surface area contributed by atoms with Gasteiger partial charge in [0.15, 0.2) is 0 Å². The molecular formula is C17H17NO2. The molecule has 1 aliphatic rings. The average Bonchev–Trinajstić information content (AvgIpc) is 2.82. The Morgan fingerprint density at radius 3 is 2.65 bits per heavy atom. The molecule has 3 nitrogen and oxygen atoms in total. The van der Waals surface area contributed by atoms with Crippen molar-refractivity contribution in [1.29, 1.82) is 0 Å². The molecule has 0 radical (unpaired) electrons. The van der Waals surface area contributed by atoms with Crippen molar-refractivity contribution in [3.8, 4) is 5.75 Å². The van der Waals surface area contributed by atoms with E-state index in [0.717, 1.165) is 12.1 Å². The summed E-state index contributed by atoms with van der Waals surface area (Å²) < 4.78 is 5.30. The highest BCUT2D eigenvalue weighted by Gasteiger charge is 2.32. The zero-order valence-electron chi connectivity index (χ0n) is 11.7. The maximum absolute atomic E-state index is 12.8. The molecule has 0 saturated heterocycles. The third-order valence-corrected chi connectivity index (χ3v) is 3.76. The fraction of sp³-hybridized carbons (Fsp3) is 0.235. The lowest BCUT2D eigenvalue weighted by atomic mass is 10.1. The molecule has 0 aromatic heterocycles. The van der Waals surface area contributed by atoms with Gasteiger partial charge in [-0.1, -0.05) is 30.3 Å². The number of rotatable bonds is 2. The summed E-state index contributed by atoms with van der Waals surface area (Å²) in [7, 11) is 1.59. The van der Waals surface area contributed by atoms with Crippen molar-refractivity contribution in [2.24, 2.45) is 0 Å². The molecule has 0 bridgehead atoms. The lowest BCUT2D eigenvalue weighted by Crippen LogP contribution is -2.35. The van der Waals surface area contributed by atoms with E-state index in [4.69, 9.17) is 4.74 Å². The van der Waals surface area contributed by atoms with Crippen molar-refractivity contribution in [3.05, 3.63) is 59.7 Å². The molecule has 1 heterocycles. The van der Waals surface area contributed by atoms with E-state index in [1.165, 1.54) is 5.56 Å². The van der Waals surface area contributed by atoms with Crippen LogP contribution in [0.3, 0.4) is 0 Å². The van der Waals surface area contributed by atoms with E-state index >= 15 is 0 Å². The number of anilines is 1. The molecule has 3 heteroatoms. The van der Waals surface area contributed by atoms with Crippen LogP contribution in [0.5, 0.6) is 5.75 Å². The number of hydrogen-bond donors (Lipinski definition) is 0. The van der Waals surface area contributed by atoms with Crippen LogP contribution in [0.15, 0.2) is 48.5 Å². The smallest absolute Gasteiger partial charge is 0.262 e. The van der Waals surface area contributed by atoms with Gasteiger partial charge in [0.05, 0.1) is 12.7 Å². The molecule has 1 aliphatic heterocycles. The van der Waals surface area contributed by atoms with Crippen LogP contribution in [0, 0.1) is 0 Å². The maximum Gasteiger partial charge on any atom is 0.262 e. The summed E-state index contributed by atoms with van der Waals surface area (Å²) in [6.07, 6.45) is 0.900. The van der Waals surface area contributed by atoms with Crippen molar-refractivity contribution < 1.29 is 9.53 Å². The number of carbonyl (C=O) groups excluding carboxylic acids is 1. The van der Waals surface area contributed by atoms with Gasteiger partial charge in [-0.25, -0.2) is 0 Å². The molecule has 0 saturated carbocycles. The summed E-state index contributed by atoms with van der Waals surface area (Å²) in [6.45, 7) is 2.08. The first-order valence-corrected chi connectivity index (χ1v) is 6.77. The second-order valence-electron chi connectivity index (χ2n) is 5.06. The Bertz CT molecular complexity index is 651. The van der Waals surface area contributed by atoms with Gasteiger partial charge in [0, 0.05) is 11.7 Å². The number of fused-ring (bicyclic) bond motifs is 1. The maximum atomic E-state index is 12.8. The number of para-hydroxylation sites is 2. The quantitative estimate of drug-likeness (QED) is 0.835. The Morgan fingerprint density at radius 2 is 1.85 bits per heavy atom. The van der Waals surface area contributed by atoms with Crippen LogP contribution < -0.4 is 9.64 Å².